The van der Waals surface area contributed by atoms with Crippen LogP contribution in [-0.2, 0) is 4.79 Å². The summed E-state index contributed by atoms with van der Waals surface area (Å²) in [7, 11) is 1.98. The molecule has 4 nitrogen and oxygen atoms in total. The first-order chi connectivity index (χ1) is 11.4. The first-order valence-electron chi connectivity index (χ1n) is 9.23. The van der Waals surface area contributed by atoms with Gasteiger partial charge >= 0.3 is 0 Å². The summed E-state index contributed by atoms with van der Waals surface area (Å²) in [5.41, 5.74) is 1.33. The second-order valence-corrected chi connectivity index (χ2v) is 9.50. The van der Waals surface area contributed by atoms with Crippen LogP contribution in [0.3, 0.4) is 0 Å². The van der Waals surface area contributed by atoms with Gasteiger partial charge in [0.05, 0.1) is 11.4 Å². The maximum atomic E-state index is 12.6. The van der Waals surface area contributed by atoms with Crippen molar-refractivity contribution in [3.05, 3.63) is 11.5 Å². The molecular weight excluding hydrogens is 320 g/mol. The maximum Gasteiger partial charge on any atom is 0.256 e. The average Bonchev–Trinajstić information content (AvgIpc) is 2.81. The van der Waals surface area contributed by atoms with Crippen molar-refractivity contribution in [3.63, 3.8) is 0 Å². The van der Waals surface area contributed by atoms with Crippen molar-refractivity contribution < 1.29 is 9.21 Å². The molecule has 4 fully saturated rings. The van der Waals surface area contributed by atoms with Gasteiger partial charge in [0.15, 0.2) is 0 Å². The summed E-state index contributed by atoms with van der Waals surface area (Å²) in [6, 6.07) is 0. The van der Waals surface area contributed by atoms with Crippen LogP contribution in [0.1, 0.15) is 50.0 Å². The van der Waals surface area contributed by atoms with E-state index in [0.717, 1.165) is 35.8 Å². The van der Waals surface area contributed by atoms with E-state index in [1.165, 1.54) is 50.3 Å². The molecular formula is C19H28N2O2S. The molecule has 0 radical (unpaired) electrons. The van der Waals surface area contributed by atoms with Gasteiger partial charge in [-0.25, -0.2) is 4.98 Å². The van der Waals surface area contributed by atoms with Crippen LogP contribution < -0.4 is 0 Å². The monoisotopic (exact) mass is 348 g/mol. The van der Waals surface area contributed by atoms with Crippen LogP contribution >= 0.6 is 11.8 Å². The molecule has 0 N–H and O–H groups in total. The summed E-state index contributed by atoms with van der Waals surface area (Å²) in [5, 5.41) is 0.613. The molecule has 4 saturated carbocycles. The number of rotatable bonds is 5. The third-order valence-electron chi connectivity index (χ3n) is 6.49. The predicted octanol–water partition coefficient (Wildman–Crippen LogP) is 4.06. The molecule has 1 amide bonds. The lowest BCUT2D eigenvalue weighted by molar-refractivity contribution is -0.132. The van der Waals surface area contributed by atoms with Gasteiger partial charge in [0.2, 0.25) is 5.91 Å². The van der Waals surface area contributed by atoms with Crippen molar-refractivity contribution >= 4 is 17.7 Å². The van der Waals surface area contributed by atoms with Gasteiger partial charge in [0, 0.05) is 13.6 Å². The quantitative estimate of drug-likeness (QED) is 0.753. The third kappa shape index (κ3) is 3.12. The topological polar surface area (TPSA) is 46.3 Å². The Kier molecular flexibility index (Phi) is 4.18. The van der Waals surface area contributed by atoms with Crippen molar-refractivity contribution in [3.8, 4) is 0 Å². The number of carbonyl (C=O) groups is 1. The minimum absolute atomic E-state index is 0.198. The first kappa shape index (κ1) is 16.5. The van der Waals surface area contributed by atoms with E-state index in [2.05, 4.69) is 4.98 Å². The molecule has 0 spiro atoms. The molecule has 1 aromatic rings. The molecule has 0 aromatic carbocycles. The summed E-state index contributed by atoms with van der Waals surface area (Å²) in [6.07, 6.45) is 8.41. The van der Waals surface area contributed by atoms with Crippen molar-refractivity contribution in [2.24, 2.45) is 23.2 Å². The number of thioether (sulfide) groups is 1. The lowest BCUT2D eigenvalue weighted by Gasteiger charge is -2.57. The Labute approximate surface area is 148 Å². The second kappa shape index (κ2) is 6.08. The summed E-state index contributed by atoms with van der Waals surface area (Å²) >= 11 is 1.42. The number of nitrogens with zero attached hydrogens (tertiary/aromatic N) is 2. The van der Waals surface area contributed by atoms with Gasteiger partial charge in [-0.15, -0.1) is 0 Å². The summed E-state index contributed by atoms with van der Waals surface area (Å²) in [5.74, 6) is 4.27. The lowest BCUT2D eigenvalue weighted by Crippen LogP contribution is -2.51. The molecule has 0 aliphatic heterocycles. The first-order valence-corrected chi connectivity index (χ1v) is 10.2. The molecule has 5 heteroatoms. The zero-order chi connectivity index (χ0) is 16.9. The highest BCUT2D eigenvalue weighted by Crippen LogP contribution is 2.60. The Morgan fingerprint density at radius 2 is 1.79 bits per heavy atom. The number of aryl methyl sites for hydroxylation is 2. The molecule has 0 atom stereocenters. The van der Waals surface area contributed by atoms with Crippen LogP contribution in [0.25, 0.3) is 0 Å². The Bertz CT molecular complexity index is 585. The molecule has 4 bridgehead atoms. The number of aromatic nitrogens is 1. The van der Waals surface area contributed by atoms with Crippen molar-refractivity contribution in [2.75, 3.05) is 19.3 Å². The van der Waals surface area contributed by atoms with Crippen molar-refractivity contribution in [2.45, 2.75) is 57.6 Å². The molecule has 4 aliphatic carbocycles. The lowest BCUT2D eigenvalue weighted by atomic mass is 9.49. The van der Waals surface area contributed by atoms with Crippen molar-refractivity contribution in [1.29, 1.82) is 0 Å². The van der Waals surface area contributed by atoms with E-state index in [-0.39, 0.29) is 5.91 Å². The number of hydrogen-bond acceptors (Lipinski definition) is 4. The summed E-state index contributed by atoms with van der Waals surface area (Å²) < 4.78 is 5.56. The number of amides is 1. The Morgan fingerprint density at radius 1 is 1.21 bits per heavy atom. The van der Waals surface area contributed by atoms with Gasteiger partial charge < -0.3 is 9.32 Å². The fourth-order valence-electron chi connectivity index (χ4n) is 5.81. The summed E-state index contributed by atoms with van der Waals surface area (Å²) in [6.45, 7) is 4.79. The Morgan fingerprint density at radius 3 is 2.29 bits per heavy atom. The normalized spacial score (nSPS) is 33.9. The fraction of sp³-hybridized carbons (Fsp3) is 0.789. The highest BCUT2D eigenvalue weighted by Gasteiger charge is 2.51. The molecule has 1 aromatic heterocycles. The number of oxazole rings is 1. The van der Waals surface area contributed by atoms with E-state index in [9.17, 15) is 4.79 Å². The van der Waals surface area contributed by atoms with E-state index in [1.807, 2.05) is 25.8 Å². The molecule has 24 heavy (non-hydrogen) atoms. The van der Waals surface area contributed by atoms with Crippen LogP contribution in [0.5, 0.6) is 0 Å². The minimum atomic E-state index is 0.198. The standard InChI is InChI=1S/C19H28N2O2S/c1-12-13(2)23-18(20-12)24-10-17(22)21(3)11-19-7-14-4-15(8-19)6-16(5-14)9-19/h14-16H,4-11H2,1-3H3. The van der Waals surface area contributed by atoms with E-state index in [4.69, 9.17) is 4.42 Å². The molecule has 132 valence electrons. The van der Waals surface area contributed by atoms with Gasteiger partial charge in [-0.05, 0) is 75.5 Å². The largest absolute Gasteiger partial charge is 0.437 e. The highest BCUT2D eigenvalue weighted by molar-refractivity contribution is 7.99. The summed E-state index contributed by atoms with van der Waals surface area (Å²) in [4.78, 5) is 18.9. The molecule has 0 unspecified atom stereocenters. The highest BCUT2D eigenvalue weighted by atomic mass is 32.2. The van der Waals surface area contributed by atoms with Crippen LogP contribution in [0.15, 0.2) is 9.64 Å². The van der Waals surface area contributed by atoms with Crippen LogP contribution in [-0.4, -0.2) is 35.1 Å². The average molecular weight is 349 g/mol. The van der Waals surface area contributed by atoms with Gasteiger partial charge in [-0.3, -0.25) is 4.79 Å². The second-order valence-electron chi connectivity index (χ2n) is 8.58. The van der Waals surface area contributed by atoms with Crippen LogP contribution in [0, 0.1) is 37.0 Å². The predicted molar refractivity (Wildman–Crippen MR) is 94.9 cm³/mol. The number of carbonyl (C=O) groups excluding carboxylic acids is 1. The van der Waals surface area contributed by atoms with E-state index < -0.39 is 0 Å². The van der Waals surface area contributed by atoms with Gasteiger partial charge in [0.1, 0.15) is 5.76 Å². The van der Waals surface area contributed by atoms with Crippen LogP contribution in [0.2, 0.25) is 0 Å². The Balaban J connectivity index is 1.34. The SMILES string of the molecule is Cc1nc(SCC(=O)N(C)CC23CC4CC(CC(C4)C2)C3)oc1C. The smallest absolute Gasteiger partial charge is 0.256 e. The molecule has 5 rings (SSSR count). The zero-order valence-electron chi connectivity index (χ0n) is 15.0. The molecule has 1 heterocycles. The van der Waals surface area contributed by atoms with E-state index in [1.54, 1.807) is 0 Å². The van der Waals surface area contributed by atoms with Gasteiger partial charge in [-0.2, -0.15) is 0 Å². The molecule has 0 saturated heterocycles. The van der Waals surface area contributed by atoms with Crippen LogP contribution in [0.4, 0.5) is 0 Å². The van der Waals surface area contributed by atoms with Crippen molar-refractivity contribution in [1.82, 2.24) is 9.88 Å². The van der Waals surface area contributed by atoms with Gasteiger partial charge in [-0.1, -0.05) is 11.8 Å². The Hall–Kier alpha value is -0.970. The fourth-order valence-corrected chi connectivity index (χ4v) is 6.67. The van der Waals surface area contributed by atoms with E-state index in [0.29, 0.717) is 16.4 Å². The molecule has 4 aliphatic rings. The zero-order valence-corrected chi connectivity index (χ0v) is 15.8. The number of hydrogen-bond donors (Lipinski definition) is 0. The van der Waals surface area contributed by atoms with E-state index >= 15 is 0 Å². The maximum absolute atomic E-state index is 12.6. The third-order valence-corrected chi connectivity index (χ3v) is 7.30. The van der Waals surface area contributed by atoms with Gasteiger partial charge in [0.25, 0.3) is 5.22 Å². The minimum Gasteiger partial charge on any atom is -0.437 e.